The van der Waals surface area contributed by atoms with Crippen LogP contribution < -0.4 is 10.6 Å². The van der Waals surface area contributed by atoms with Crippen LogP contribution in [0.3, 0.4) is 0 Å². The SMILES string of the molecule is Cl.O=C(NCC1CCCNC1)c1ccccc1C(=O)c1ccc(Cl)cc1. The van der Waals surface area contributed by atoms with Crippen LogP contribution in [0.4, 0.5) is 0 Å². The summed E-state index contributed by atoms with van der Waals surface area (Å²) in [6.07, 6.45) is 2.24. The number of ketones is 1. The molecule has 2 aromatic carbocycles. The van der Waals surface area contributed by atoms with Crippen molar-refractivity contribution in [2.45, 2.75) is 12.8 Å². The highest BCUT2D eigenvalue weighted by Gasteiger charge is 2.19. The van der Waals surface area contributed by atoms with E-state index >= 15 is 0 Å². The highest BCUT2D eigenvalue weighted by molar-refractivity contribution is 6.30. The summed E-state index contributed by atoms with van der Waals surface area (Å²) in [7, 11) is 0. The van der Waals surface area contributed by atoms with E-state index in [1.165, 1.54) is 0 Å². The maximum absolute atomic E-state index is 12.8. The maximum atomic E-state index is 12.8. The molecule has 0 aromatic heterocycles. The van der Waals surface area contributed by atoms with Crippen molar-refractivity contribution in [2.75, 3.05) is 19.6 Å². The summed E-state index contributed by atoms with van der Waals surface area (Å²) in [5.41, 5.74) is 1.33. The molecule has 0 saturated carbocycles. The zero-order chi connectivity index (χ0) is 17.6. The minimum absolute atomic E-state index is 0. The third-order valence-electron chi connectivity index (χ3n) is 4.47. The quantitative estimate of drug-likeness (QED) is 0.762. The van der Waals surface area contributed by atoms with Gasteiger partial charge in [0.25, 0.3) is 5.91 Å². The summed E-state index contributed by atoms with van der Waals surface area (Å²) >= 11 is 5.88. The lowest BCUT2D eigenvalue weighted by molar-refractivity contribution is 0.0934. The first-order valence-corrected chi connectivity index (χ1v) is 8.91. The molecule has 1 fully saturated rings. The molecule has 6 heteroatoms. The minimum atomic E-state index is -0.205. The van der Waals surface area contributed by atoms with Crippen LogP contribution in [0.1, 0.15) is 39.1 Å². The van der Waals surface area contributed by atoms with E-state index in [2.05, 4.69) is 10.6 Å². The Balaban J connectivity index is 0.00000243. The smallest absolute Gasteiger partial charge is 0.252 e. The third-order valence-corrected chi connectivity index (χ3v) is 4.72. The van der Waals surface area contributed by atoms with Gasteiger partial charge in [-0.25, -0.2) is 0 Å². The Morgan fingerprint density at radius 2 is 1.77 bits per heavy atom. The molecule has 138 valence electrons. The van der Waals surface area contributed by atoms with Crippen molar-refractivity contribution in [2.24, 2.45) is 5.92 Å². The van der Waals surface area contributed by atoms with Crippen LogP contribution in [-0.2, 0) is 0 Å². The van der Waals surface area contributed by atoms with Crippen molar-refractivity contribution in [3.8, 4) is 0 Å². The normalized spacial score (nSPS) is 16.4. The number of amides is 1. The van der Waals surface area contributed by atoms with E-state index in [0.29, 0.717) is 34.2 Å². The Hall–Kier alpha value is -1.88. The number of carbonyl (C=O) groups excluding carboxylic acids is 2. The van der Waals surface area contributed by atoms with Crippen molar-refractivity contribution in [3.63, 3.8) is 0 Å². The second-order valence-corrected chi connectivity index (χ2v) is 6.74. The van der Waals surface area contributed by atoms with Crippen LogP contribution in [0.5, 0.6) is 0 Å². The zero-order valence-electron chi connectivity index (χ0n) is 14.3. The molecule has 1 amide bonds. The van der Waals surface area contributed by atoms with Gasteiger partial charge in [-0.3, -0.25) is 9.59 Å². The van der Waals surface area contributed by atoms with Gasteiger partial charge in [-0.05, 0) is 62.2 Å². The van der Waals surface area contributed by atoms with E-state index in [9.17, 15) is 9.59 Å². The minimum Gasteiger partial charge on any atom is -0.352 e. The average molecular weight is 393 g/mol. The van der Waals surface area contributed by atoms with E-state index in [4.69, 9.17) is 11.6 Å². The first kappa shape index (κ1) is 20.4. The van der Waals surface area contributed by atoms with Crippen molar-refractivity contribution in [1.29, 1.82) is 0 Å². The highest BCUT2D eigenvalue weighted by atomic mass is 35.5. The van der Waals surface area contributed by atoms with Crippen molar-refractivity contribution in [1.82, 2.24) is 10.6 Å². The summed E-state index contributed by atoms with van der Waals surface area (Å²) in [4.78, 5) is 25.3. The molecule has 2 aromatic rings. The maximum Gasteiger partial charge on any atom is 0.252 e. The lowest BCUT2D eigenvalue weighted by atomic mass is 9.97. The topological polar surface area (TPSA) is 58.2 Å². The van der Waals surface area contributed by atoms with Gasteiger partial charge in [0.2, 0.25) is 0 Å². The molecular weight excluding hydrogens is 371 g/mol. The molecule has 2 N–H and O–H groups in total. The summed E-state index contributed by atoms with van der Waals surface area (Å²) in [6.45, 7) is 2.59. The monoisotopic (exact) mass is 392 g/mol. The van der Waals surface area contributed by atoms with Crippen LogP contribution in [0.2, 0.25) is 5.02 Å². The van der Waals surface area contributed by atoms with Crippen molar-refractivity contribution in [3.05, 3.63) is 70.2 Å². The predicted octanol–water partition coefficient (Wildman–Crippen LogP) is 3.72. The van der Waals surface area contributed by atoms with E-state index in [1.807, 2.05) is 0 Å². The van der Waals surface area contributed by atoms with E-state index in [0.717, 1.165) is 25.9 Å². The van der Waals surface area contributed by atoms with Gasteiger partial charge in [-0.1, -0.05) is 29.8 Å². The number of hydrogen-bond donors (Lipinski definition) is 2. The summed E-state index contributed by atoms with van der Waals surface area (Å²) in [5, 5.41) is 6.88. The van der Waals surface area contributed by atoms with Gasteiger partial charge in [-0.15, -0.1) is 12.4 Å². The molecule has 1 saturated heterocycles. The average Bonchev–Trinajstić information content (AvgIpc) is 2.67. The largest absolute Gasteiger partial charge is 0.352 e. The van der Waals surface area contributed by atoms with Crippen LogP contribution in [0.25, 0.3) is 0 Å². The van der Waals surface area contributed by atoms with Gasteiger partial charge >= 0.3 is 0 Å². The molecular formula is C20H22Cl2N2O2. The van der Waals surface area contributed by atoms with E-state index in [-0.39, 0.29) is 24.1 Å². The van der Waals surface area contributed by atoms with Crippen LogP contribution >= 0.6 is 24.0 Å². The van der Waals surface area contributed by atoms with E-state index < -0.39 is 0 Å². The highest BCUT2D eigenvalue weighted by Crippen LogP contribution is 2.17. The fourth-order valence-electron chi connectivity index (χ4n) is 3.07. The third kappa shape index (κ3) is 5.07. The number of carbonyl (C=O) groups is 2. The van der Waals surface area contributed by atoms with Gasteiger partial charge in [0.05, 0.1) is 5.56 Å². The van der Waals surface area contributed by atoms with Crippen LogP contribution in [-0.4, -0.2) is 31.3 Å². The molecule has 4 nitrogen and oxygen atoms in total. The van der Waals surface area contributed by atoms with Gasteiger partial charge in [-0.2, -0.15) is 0 Å². The lowest BCUT2D eigenvalue weighted by Crippen LogP contribution is -2.38. The van der Waals surface area contributed by atoms with Gasteiger partial charge in [0, 0.05) is 22.7 Å². The van der Waals surface area contributed by atoms with Gasteiger partial charge < -0.3 is 10.6 Å². The first-order chi connectivity index (χ1) is 12.1. The Morgan fingerprint density at radius 3 is 2.42 bits per heavy atom. The predicted molar refractivity (Wildman–Crippen MR) is 107 cm³/mol. The van der Waals surface area contributed by atoms with Crippen molar-refractivity contribution < 1.29 is 9.59 Å². The number of rotatable bonds is 5. The summed E-state index contributed by atoms with van der Waals surface area (Å²) in [6, 6.07) is 13.6. The first-order valence-electron chi connectivity index (χ1n) is 8.53. The molecule has 0 aliphatic carbocycles. The molecule has 1 heterocycles. The Labute approximate surface area is 164 Å². The Bertz CT molecular complexity index is 757. The fraction of sp³-hybridized carbons (Fsp3) is 0.300. The van der Waals surface area contributed by atoms with Gasteiger partial charge in [0.15, 0.2) is 5.78 Å². The number of piperidine rings is 1. The second-order valence-electron chi connectivity index (χ2n) is 6.30. The molecule has 1 unspecified atom stereocenters. The molecule has 0 spiro atoms. The lowest BCUT2D eigenvalue weighted by Gasteiger charge is -2.23. The number of benzene rings is 2. The van der Waals surface area contributed by atoms with Crippen molar-refractivity contribution >= 4 is 35.7 Å². The van der Waals surface area contributed by atoms with Crippen LogP contribution in [0, 0.1) is 5.92 Å². The number of nitrogens with one attached hydrogen (secondary N) is 2. The Morgan fingerprint density at radius 1 is 1.08 bits per heavy atom. The molecule has 3 rings (SSSR count). The summed E-state index contributed by atoms with van der Waals surface area (Å²) in [5.74, 6) is 0.0575. The molecule has 26 heavy (non-hydrogen) atoms. The van der Waals surface area contributed by atoms with E-state index in [1.54, 1.807) is 48.5 Å². The number of hydrogen-bond acceptors (Lipinski definition) is 3. The second kappa shape index (κ2) is 9.72. The molecule has 0 radical (unpaired) electrons. The van der Waals surface area contributed by atoms with Gasteiger partial charge in [0.1, 0.15) is 0 Å². The molecule has 1 atom stereocenters. The van der Waals surface area contributed by atoms with Crippen LogP contribution in [0.15, 0.2) is 48.5 Å². The number of halogens is 2. The fourth-order valence-corrected chi connectivity index (χ4v) is 3.19. The molecule has 1 aliphatic rings. The summed E-state index contributed by atoms with van der Waals surface area (Å²) < 4.78 is 0. The molecule has 1 aliphatic heterocycles. The standard InChI is InChI=1S/C20H21ClN2O2.ClH/c21-16-9-7-15(8-10-16)19(24)17-5-1-2-6-18(17)20(25)23-13-14-4-3-11-22-12-14;/h1-2,5-10,14,22H,3-4,11-13H2,(H,23,25);1H. The molecule has 0 bridgehead atoms. The zero-order valence-corrected chi connectivity index (χ0v) is 15.9. The Kier molecular flexibility index (Phi) is 7.64.